The molecule has 1 fully saturated rings. The third-order valence-corrected chi connectivity index (χ3v) is 4.42. The monoisotopic (exact) mass is 312 g/mol. The van der Waals surface area contributed by atoms with Crippen molar-refractivity contribution in [3.8, 4) is 0 Å². The van der Waals surface area contributed by atoms with E-state index >= 15 is 0 Å². The lowest BCUT2D eigenvalue weighted by molar-refractivity contribution is 0.239. The van der Waals surface area contributed by atoms with Crippen LogP contribution in [0.2, 0.25) is 0 Å². The van der Waals surface area contributed by atoms with Gasteiger partial charge in [0.05, 0.1) is 0 Å². The van der Waals surface area contributed by atoms with E-state index < -0.39 is 0 Å². The van der Waals surface area contributed by atoms with Gasteiger partial charge in [0, 0.05) is 18.5 Å². The van der Waals surface area contributed by atoms with Crippen molar-refractivity contribution >= 4 is 6.03 Å². The van der Waals surface area contributed by atoms with Gasteiger partial charge in [-0.3, -0.25) is 0 Å². The van der Waals surface area contributed by atoms with Gasteiger partial charge in [0.25, 0.3) is 0 Å². The van der Waals surface area contributed by atoms with Gasteiger partial charge in [-0.15, -0.1) is 0 Å². The van der Waals surface area contributed by atoms with Gasteiger partial charge in [-0.05, 0) is 37.0 Å². The van der Waals surface area contributed by atoms with Crippen LogP contribution in [0, 0.1) is 12.7 Å². The summed E-state index contributed by atoms with van der Waals surface area (Å²) in [6, 6.07) is 14.6. The summed E-state index contributed by atoms with van der Waals surface area (Å²) in [7, 11) is 0. The molecule has 23 heavy (non-hydrogen) atoms. The van der Waals surface area contributed by atoms with E-state index in [0.29, 0.717) is 18.7 Å². The van der Waals surface area contributed by atoms with Crippen LogP contribution in [0.5, 0.6) is 0 Å². The number of benzene rings is 2. The van der Waals surface area contributed by atoms with Crippen molar-refractivity contribution in [3.05, 3.63) is 71.0 Å². The Morgan fingerprint density at radius 2 is 1.91 bits per heavy atom. The van der Waals surface area contributed by atoms with Crippen LogP contribution in [0.4, 0.5) is 9.18 Å². The first kappa shape index (κ1) is 15.5. The van der Waals surface area contributed by atoms with Gasteiger partial charge in [-0.2, -0.15) is 0 Å². The average molecular weight is 312 g/mol. The fourth-order valence-electron chi connectivity index (χ4n) is 2.90. The maximum absolute atomic E-state index is 13.9. The fraction of sp³-hybridized carbons (Fsp3) is 0.316. The largest absolute Gasteiger partial charge is 0.337 e. The van der Waals surface area contributed by atoms with Crippen molar-refractivity contribution in [1.82, 2.24) is 10.6 Å². The average Bonchev–Trinajstić information content (AvgIpc) is 3.32. The molecular weight excluding hydrogens is 291 g/mol. The molecule has 3 rings (SSSR count). The lowest BCUT2D eigenvalue weighted by Gasteiger charge is -2.17. The van der Waals surface area contributed by atoms with Crippen LogP contribution in [-0.4, -0.2) is 12.6 Å². The standard InChI is InChI=1S/C19H21FN2O/c1-14-5-4-6-15(11-14)12-21-18(23)22-13-19(9-10-19)16-7-2-3-8-17(16)20/h2-8,11H,9-10,12-13H2,1H3,(H2,21,22,23). The molecule has 2 N–H and O–H groups in total. The first-order valence-electron chi connectivity index (χ1n) is 7.91. The Morgan fingerprint density at radius 1 is 1.13 bits per heavy atom. The zero-order chi connectivity index (χ0) is 16.3. The molecule has 2 aromatic carbocycles. The normalized spacial score (nSPS) is 15.0. The molecule has 4 heteroatoms. The first-order valence-corrected chi connectivity index (χ1v) is 7.91. The molecular formula is C19H21FN2O. The number of rotatable bonds is 5. The molecule has 0 aliphatic heterocycles. The number of amides is 2. The van der Waals surface area contributed by atoms with E-state index in [1.54, 1.807) is 6.07 Å². The van der Waals surface area contributed by atoms with Gasteiger partial charge in [-0.1, -0.05) is 48.0 Å². The molecule has 3 nitrogen and oxygen atoms in total. The Hall–Kier alpha value is -2.36. The van der Waals surface area contributed by atoms with Crippen LogP contribution >= 0.6 is 0 Å². The summed E-state index contributed by atoms with van der Waals surface area (Å²) in [6.45, 7) is 2.97. The Morgan fingerprint density at radius 3 is 2.61 bits per heavy atom. The number of nitrogens with one attached hydrogen (secondary N) is 2. The molecule has 0 saturated heterocycles. The fourth-order valence-corrected chi connectivity index (χ4v) is 2.90. The van der Waals surface area contributed by atoms with Gasteiger partial charge >= 0.3 is 6.03 Å². The maximum atomic E-state index is 13.9. The lowest BCUT2D eigenvalue weighted by Crippen LogP contribution is -2.39. The molecule has 0 spiro atoms. The van der Waals surface area contributed by atoms with Crippen molar-refractivity contribution in [2.75, 3.05) is 6.54 Å². The Balaban J connectivity index is 1.52. The maximum Gasteiger partial charge on any atom is 0.315 e. The summed E-state index contributed by atoms with van der Waals surface area (Å²) >= 11 is 0. The summed E-state index contributed by atoms with van der Waals surface area (Å²) < 4.78 is 13.9. The van der Waals surface area contributed by atoms with Crippen LogP contribution in [0.25, 0.3) is 0 Å². The Bertz CT molecular complexity index is 710. The molecule has 1 saturated carbocycles. The second kappa shape index (κ2) is 6.41. The van der Waals surface area contributed by atoms with Gasteiger partial charge in [0.15, 0.2) is 0 Å². The third kappa shape index (κ3) is 3.70. The zero-order valence-corrected chi connectivity index (χ0v) is 13.2. The Kier molecular flexibility index (Phi) is 4.33. The minimum Gasteiger partial charge on any atom is -0.337 e. The molecule has 2 amide bonds. The number of hydrogen-bond acceptors (Lipinski definition) is 1. The van der Waals surface area contributed by atoms with Crippen molar-refractivity contribution in [2.24, 2.45) is 0 Å². The smallest absolute Gasteiger partial charge is 0.315 e. The van der Waals surface area contributed by atoms with Gasteiger partial charge < -0.3 is 10.6 Å². The second-order valence-corrected chi connectivity index (χ2v) is 6.29. The molecule has 0 radical (unpaired) electrons. The predicted molar refractivity (Wildman–Crippen MR) is 88.7 cm³/mol. The van der Waals surface area contributed by atoms with E-state index in [4.69, 9.17) is 0 Å². The number of halogens is 1. The minimum atomic E-state index is -0.230. The number of carbonyl (C=O) groups is 1. The summed E-state index contributed by atoms with van der Waals surface area (Å²) in [5, 5.41) is 5.73. The van der Waals surface area contributed by atoms with E-state index in [-0.39, 0.29) is 17.3 Å². The minimum absolute atomic E-state index is 0.188. The second-order valence-electron chi connectivity index (χ2n) is 6.29. The number of aryl methyl sites for hydroxylation is 1. The summed E-state index contributed by atoms with van der Waals surface area (Å²) in [5.41, 5.74) is 2.71. The molecule has 0 aromatic heterocycles. The SMILES string of the molecule is Cc1cccc(CNC(=O)NCC2(c3ccccc3F)CC2)c1. The van der Waals surface area contributed by atoms with Crippen LogP contribution in [0.1, 0.15) is 29.5 Å². The molecule has 0 unspecified atom stereocenters. The van der Waals surface area contributed by atoms with Gasteiger partial charge in [-0.25, -0.2) is 9.18 Å². The number of urea groups is 1. The first-order chi connectivity index (χ1) is 11.1. The van der Waals surface area contributed by atoms with E-state index in [1.807, 2.05) is 43.3 Å². The summed E-state index contributed by atoms with van der Waals surface area (Å²) in [6.07, 6.45) is 1.82. The molecule has 1 aliphatic carbocycles. The molecule has 120 valence electrons. The highest BCUT2D eigenvalue weighted by molar-refractivity contribution is 5.74. The van der Waals surface area contributed by atoms with Crippen molar-refractivity contribution in [2.45, 2.75) is 31.7 Å². The van der Waals surface area contributed by atoms with E-state index in [0.717, 1.165) is 18.4 Å². The zero-order valence-electron chi connectivity index (χ0n) is 13.2. The topological polar surface area (TPSA) is 41.1 Å². The number of hydrogen-bond donors (Lipinski definition) is 2. The summed E-state index contributed by atoms with van der Waals surface area (Å²) in [5.74, 6) is -0.188. The quantitative estimate of drug-likeness (QED) is 0.869. The number of carbonyl (C=O) groups excluding carboxylic acids is 1. The highest BCUT2D eigenvalue weighted by Crippen LogP contribution is 2.48. The van der Waals surface area contributed by atoms with Crippen LogP contribution in [0.15, 0.2) is 48.5 Å². The molecule has 0 heterocycles. The van der Waals surface area contributed by atoms with Crippen LogP contribution in [0.3, 0.4) is 0 Å². The van der Waals surface area contributed by atoms with E-state index in [9.17, 15) is 9.18 Å². The molecule has 0 bridgehead atoms. The van der Waals surface area contributed by atoms with E-state index in [1.165, 1.54) is 11.6 Å². The summed E-state index contributed by atoms with van der Waals surface area (Å²) in [4.78, 5) is 12.0. The van der Waals surface area contributed by atoms with Crippen molar-refractivity contribution in [1.29, 1.82) is 0 Å². The van der Waals surface area contributed by atoms with Gasteiger partial charge in [0.2, 0.25) is 0 Å². The lowest BCUT2D eigenvalue weighted by atomic mass is 9.95. The predicted octanol–water partition coefficient (Wildman–Crippen LogP) is 3.67. The Labute approximate surface area is 135 Å². The van der Waals surface area contributed by atoms with Gasteiger partial charge in [0.1, 0.15) is 5.82 Å². The highest BCUT2D eigenvalue weighted by atomic mass is 19.1. The molecule has 1 aliphatic rings. The molecule has 0 atom stereocenters. The van der Waals surface area contributed by atoms with Crippen molar-refractivity contribution < 1.29 is 9.18 Å². The highest BCUT2D eigenvalue weighted by Gasteiger charge is 2.45. The molecule has 2 aromatic rings. The van der Waals surface area contributed by atoms with E-state index in [2.05, 4.69) is 10.6 Å². The van der Waals surface area contributed by atoms with Crippen molar-refractivity contribution in [3.63, 3.8) is 0 Å². The van der Waals surface area contributed by atoms with Crippen LogP contribution in [-0.2, 0) is 12.0 Å². The van der Waals surface area contributed by atoms with Crippen LogP contribution < -0.4 is 10.6 Å². The third-order valence-electron chi connectivity index (χ3n) is 4.42.